The van der Waals surface area contributed by atoms with E-state index in [1.807, 2.05) is 29.6 Å². The number of benzene rings is 1. The first kappa shape index (κ1) is 12.9. The molecular weight excluding hydrogens is 272 g/mol. The zero-order valence-electron chi connectivity index (χ0n) is 11.1. The number of nitrogens with one attached hydrogen (secondary N) is 1. The molecule has 0 radical (unpaired) electrons. The van der Waals surface area contributed by atoms with Gasteiger partial charge in [-0.25, -0.2) is 4.98 Å². The van der Waals surface area contributed by atoms with Crippen molar-refractivity contribution in [1.29, 1.82) is 0 Å². The normalized spacial score (nSPS) is 10.8. The van der Waals surface area contributed by atoms with Crippen LogP contribution in [-0.2, 0) is 13.0 Å². The van der Waals surface area contributed by atoms with Crippen molar-refractivity contribution in [3.8, 4) is 5.75 Å². The first-order chi connectivity index (χ1) is 9.76. The Balaban J connectivity index is 1.80. The van der Waals surface area contributed by atoms with E-state index < -0.39 is 0 Å². The van der Waals surface area contributed by atoms with E-state index in [1.165, 1.54) is 16.9 Å². The Morgan fingerprint density at radius 1 is 1.35 bits per heavy atom. The van der Waals surface area contributed by atoms with E-state index in [9.17, 15) is 4.79 Å². The summed E-state index contributed by atoms with van der Waals surface area (Å²) in [5, 5.41) is 1.86. The minimum atomic E-state index is -0.106. The highest BCUT2D eigenvalue weighted by molar-refractivity contribution is 7.17. The minimum Gasteiger partial charge on any atom is -0.486 e. The van der Waals surface area contributed by atoms with Gasteiger partial charge in [-0.15, -0.1) is 11.3 Å². The Morgan fingerprint density at radius 2 is 2.25 bits per heavy atom. The first-order valence-corrected chi connectivity index (χ1v) is 7.32. The van der Waals surface area contributed by atoms with Crippen LogP contribution in [0.2, 0.25) is 0 Å². The monoisotopic (exact) mass is 286 g/mol. The van der Waals surface area contributed by atoms with E-state index in [1.54, 1.807) is 0 Å². The maximum Gasteiger partial charge on any atom is 0.268 e. The van der Waals surface area contributed by atoms with E-state index in [-0.39, 0.29) is 12.2 Å². The van der Waals surface area contributed by atoms with Crippen molar-refractivity contribution in [2.24, 2.45) is 0 Å². The lowest BCUT2D eigenvalue weighted by Gasteiger charge is -2.07. The Labute approximate surface area is 120 Å². The van der Waals surface area contributed by atoms with Crippen LogP contribution < -0.4 is 10.3 Å². The van der Waals surface area contributed by atoms with Gasteiger partial charge in [0.15, 0.2) is 0 Å². The van der Waals surface area contributed by atoms with Crippen LogP contribution >= 0.6 is 11.3 Å². The molecule has 0 aliphatic heterocycles. The van der Waals surface area contributed by atoms with Gasteiger partial charge < -0.3 is 9.72 Å². The number of ether oxygens (including phenoxy) is 1. The molecule has 0 spiro atoms. The van der Waals surface area contributed by atoms with Crippen molar-refractivity contribution in [2.75, 3.05) is 0 Å². The van der Waals surface area contributed by atoms with Crippen molar-refractivity contribution in [3.05, 3.63) is 57.5 Å². The largest absolute Gasteiger partial charge is 0.486 e. The maximum absolute atomic E-state index is 11.8. The van der Waals surface area contributed by atoms with Crippen molar-refractivity contribution in [3.63, 3.8) is 0 Å². The molecule has 0 unspecified atom stereocenters. The van der Waals surface area contributed by atoms with Crippen molar-refractivity contribution < 1.29 is 4.74 Å². The minimum absolute atomic E-state index is 0.106. The van der Waals surface area contributed by atoms with E-state index in [0.717, 1.165) is 17.7 Å². The third-order valence-corrected chi connectivity index (χ3v) is 3.95. The lowest BCUT2D eigenvalue weighted by molar-refractivity contribution is 0.296. The molecule has 0 aliphatic carbocycles. The summed E-state index contributed by atoms with van der Waals surface area (Å²) in [6, 6.07) is 9.77. The van der Waals surface area contributed by atoms with Gasteiger partial charge in [0.05, 0.1) is 5.52 Å². The van der Waals surface area contributed by atoms with Gasteiger partial charge in [0.1, 0.15) is 22.9 Å². The number of hydrogen-bond acceptors (Lipinski definition) is 4. The molecule has 3 aromatic rings. The van der Waals surface area contributed by atoms with Crippen molar-refractivity contribution >= 4 is 21.6 Å². The van der Waals surface area contributed by atoms with Gasteiger partial charge in [-0.1, -0.05) is 19.1 Å². The maximum atomic E-state index is 11.8. The molecule has 2 aromatic heterocycles. The number of rotatable bonds is 4. The SMILES string of the molecule is CCc1cccc(OCc2nc3ccsc3c(=O)[nH]2)c1. The zero-order chi connectivity index (χ0) is 13.9. The number of hydrogen-bond donors (Lipinski definition) is 1. The fourth-order valence-corrected chi connectivity index (χ4v) is 2.72. The molecule has 0 saturated heterocycles. The average molecular weight is 286 g/mol. The van der Waals surface area contributed by atoms with Crippen LogP contribution in [0.25, 0.3) is 10.2 Å². The molecule has 1 N–H and O–H groups in total. The van der Waals surface area contributed by atoms with Gasteiger partial charge in [-0.3, -0.25) is 4.79 Å². The summed E-state index contributed by atoms with van der Waals surface area (Å²) in [4.78, 5) is 19.0. The summed E-state index contributed by atoms with van der Waals surface area (Å²) in [5.74, 6) is 1.33. The lowest BCUT2D eigenvalue weighted by atomic mass is 10.2. The number of aromatic nitrogens is 2. The molecule has 3 rings (SSSR count). The molecule has 102 valence electrons. The standard InChI is InChI=1S/C15H14N2O2S/c1-2-10-4-3-5-11(8-10)19-9-13-16-12-6-7-20-14(12)15(18)17-13/h3-8H,2,9H2,1H3,(H,16,17,18). The summed E-state index contributed by atoms with van der Waals surface area (Å²) in [7, 11) is 0. The van der Waals surface area contributed by atoms with Crippen LogP contribution in [0.3, 0.4) is 0 Å². The number of aromatic amines is 1. The van der Waals surface area contributed by atoms with E-state index in [4.69, 9.17) is 4.74 Å². The molecule has 2 heterocycles. The smallest absolute Gasteiger partial charge is 0.268 e. The highest BCUT2D eigenvalue weighted by Gasteiger charge is 2.05. The van der Waals surface area contributed by atoms with Crippen LogP contribution in [0.15, 0.2) is 40.5 Å². The zero-order valence-corrected chi connectivity index (χ0v) is 11.9. The molecule has 0 bridgehead atoms. The number of thiophene rings is 1. The summed E-state index contributed by atoms with van der Waals surface area (Å²) in [5.41, 5.74) is 1.84. The molecule has 20 heavy (non-hydrogen) atoms. The van der Waals surface area contributed by atoms with Gasteiger partial charge in [-0.05, 0) is 35.6 Å². The molecule has 0 aliphatic rings. The molecule has 0 saturated carbocycles. The van der Waals surface area contributed by atoms with Crippen LogP contribution in [0, 0.1) is 0 Å². The van der Waals surface area contributed by atoms with E-state index in [0.29, 0.717) is 10.5 Å². The lowest BCUT2D eigenvalue weighted by Crippen LogP contribution is -2.12. The van der Waals surface area contributed by atoms with Gasteiger partial charge in [-0.2, -0.15) is 0 Å². The average Bonchev–Trinajstić information content (AvgIpc) is 2.94. The van der Waals surface area contributed by atoms with Gasteiger partial charge in [0.2, 0.25) is 0 Å². The Morgan fingerprint density at radius 3 is 3.10 bits per heavy atom. The van der Waals surface area contributed by atoms with Crippen LogP contribution in [0.5, 0.6) is 5.75 Å². The highest BCUT2D eigenvalue weighted by Crippen LogP contribution is 2.16. The third kappa shape index (κ3) is 2.58. The number of nitrogens with zero attached hydrogens (tertiary/aromatic N) is 1. The first-order valence-electron chi connectivity index (χ1n) is 6.44. The van der Waals surface area contributed by atoms with Crippen molar-refractivity contribution in [1.82, 2.24) is 9.97 Å². The number of fused-ring (bicyclic) bond motifs is 1. The predicted molar refractivity (Wildman–Crippen MR) is 80.4 cm³/mol. The summed E-state index contributed by atoms with van der Waals surface area (Å²) >= 11 is 1.39. The third-order valence-electron chi connectivity index (χ3n) is 3.05. The van der Waals surface area contributed by atoms with E-state index >= 15 is 0 Å². The molecular formula is C15H14N2O2S. The van der Waals surface area contributed by atoms with Gasteiger partial charge in [0, 0.05) is 0 Å². The molecule has 5 heteroatoms. The number of aryl methyl sites for hydroxylation is 1. The highest BCUT2D eigenvalue weighted by atomic mass is 32.1. The fourth-order valence-electron chi connectivity index (χ4n) is 2.00. The Hall–Kier alpha value is -2.14. The quantitative estimate of drug-likeness (QED) is 0.801. The summed E-state index contributed by atoms with van der Waals surface area (Å²) in [6.45, 7) is 2.36. The van der Waals surface area contributed by atoms with Gasteiger partial charge >= 0.3 is 0 Å². The van der Waals surface area contributed by atoms with Crippen LogP contribution in [0.1, 0.15) is 18.3 Å². The second-order valence-electron chi connectivity index (χ2n) is 4.44. The van der Waals surface area contributed by atoms with Crippen LogP contribution in [0.4, 0.5) is 0 Å². The Kier molecular flexibility index (Phi) is 3.52. The second-order valence-corrected chi connectivity index (χ2v) is 5.35. The van der Waals surface area contributed by atoms with Gasteiger partial charge in [0.25, 0.3) is 5.56 Å². The predicted octanol–water partition coefficient (Wildman–Crippen LogP) is 3.13. The van der Waals surface area contributed by atoms with E-state index in [2.05, 4.69) is 23.0 Å². The molecule has 0 amide bonds. The van der Waals surface area contributed by atoms with Crippen LogP contribution in [-0.4, -0.2) is 9.97 Å². The fraction of sp³-hybridized carbons (Fsp3) is 0.200. The molecule has 0 fully saturated rings. The second kappa shape index (κ2) is 5.46. The topological polar surface area (TPSA) is 55.0 Å². The summed E-state index contributed by atoms with van der Waals surface area (Å²) < 4.78 is 6.34. The Bertz CT molecular complexity index is 792. The summed E-state index contributed by atoms with van der Waals surface area (Å²) in [6.07, 6.45) is 0.965. The molecule has 1 aromatic carbocycles. The number of H-pyrrole nitrogens is 1. The molecule has 4 nitrogen and oxygen atoms in total. The molecule has 0 atom stereocenters. The van der Waals surface area contributed by atoms with Crippen molar-refractivity contribution in [2.45, 2.75) is 20.0 Å².